The van der Waals surface area contributed by atoms with Crippen molar-refractivity contribution in [3.63, 3.8) is 0 Å². The minimum Gasteiger partial charge on any atom is -0.494 e. The molecule has 0 radical (unpaired) electrons. The first-order chi connectivity index (χ1) is 20.9. The van der Waals surface area contributed by atoms with E-state index in [9.17, 15) is 13.5 Å². The molecule has 0 aliphatic carbocycles. The summed E-state index contributed by atoms with van der Waals surface area (Å²) in [5.74, 6) is 0.655. The number of piperidine rings is 3. The molecule has 1 aromatic heterocycles. The maximum atomic E-state index is 14.1. The first-order valence-corrected chi connectivity index (χ1v) is 18.4. The summed E-state index contributed by atoms with van der Waals surface area (Å²) in [7, 11) is -3.82. The summed E-state index contributed by atoms with van der Waals surface area (Å²) >= 11 is 1.65. The van der Waals surface area contributed by atoms with Gasteiger partial charge in [-0.2, -0.15) is 0 Å². The van der Waals surface area contributed by atoms with E-state index in [2.05, 4.69) is 25.8 Å². The van der Waals surface area contributed by atoms with E-state index in [-0.39, 0.29) is 15.9 Å². The third-order valence-corrected chi connectivity index (χ3v) is 12.0. The molecular weight excluding hydrogens is 581 g/mol. The van der Waals surface area contributed by atoms with Gasteiger partial charge >= 0.3 is 0 Å². The van der Waals surface area contributed by atoms with Crippen LogP contribution in [0.1, 0.15) is 45.4 Å². The number of thioether (sulfide) groups is 1. The minimum absolute atomic E-state index is 0.171. The summed E-state index contributed by atoms with van der Waals surface area (Å²) in [6.07, 6.45) is 9.77. The average Bonchev–Trinajstić information content (AvgIpc) is 3.04. The van der Waals surface area contributed by atoms with Crippen LogP contribution in [0.25, 0.3) is 10.9 Å². The molecular formula is C33H44N4O4S2. The Morgan fingerprint density at radius 3 is 2.30 bits per heavy atom. The maximum Gasteiger partial charge on any atom is 0.210 e. The Balaban J connectivity index is 1.22. The highest BCUT2D eigenvalue weighted by atomic mass is 32.2. The highest BCUT2D eigenvalue weighted by molar-refractivity contribution is 7.98. The highest BCUT2D eigenvalue weighted by Gasteiger charge is 2.34. The van der Waals surface area contributed by atoms with Crippen LogP contribution in [0.2, 0.25) is 0 Å². The van der Waals surface area contributed by atoms with Gasteiger partial charge in [0.15, 0.2) is 0 Å². The van der Waals surface area contributed by atoms with Gasteiger partial charge in [0.2, 0.25) is 9.84 Å². The van der Waals surface area contributed by atoms with Crippen LogP contribution in [0.15, 0.2) is 63.3 Å². The number of aromatic nitrogens is 1. The third-order valence-electron chi connectivity index (χ3n) is 9.49. The molecule has 3 aliphatic heterocycles. The lowest BCUT2D eigenvalue weighted by Gasteiger charge is -2.45. The zero-order valence-corrected chi connectivity index (χ0v) is 27.0. The van der Waals surface area contributed by atoms with Gasteiger partial charge in [0.1, 0.15) is 10.6 Å². The van der Waals surface area contributed by atoms with Crippen LogP contribution in [0.4, 0.5) is 5.69 Å². The first kappa shape index (κ1) is 30.6. The number of rotatable bonds is 8. The monoisotopic (exact) mass is 624 g/mol. The van der Waals surface area contributed by atoms with Gasteiger partial charge in [-0.1, -0.05) is 0 Å². The van der Waals surface area contributed by atoms with E-state index in [1.807, 2.05) is 25.3 Å². The van der Waals surface area contributed by atoms with Crippen LogP contribution in [0.3, 0.4) is 0 Å². The molecule has 0 spiro atoms. The molecule has 3 aliphatic rings. The van der Waals surface area contributed by atoms with Crippen LogP contribution >= 0.6 is 11.8 Å². The summed E-state index contributed by atoms with van der Waals surface area (Å²) in [4.78, 5) is 13.7. The molecule has 0 bridgehead atoms. The predicted octanol–water partition coefficient (Wildman–Crippen LogP) is 5.08. The van der Waals surface area contributed by atoms with Crippen molar-refractivity contribution >= 4 is 38.2 Å². The fraction of sp³-hybridized carbons (Fsp3) is 0.545. The van der Waals surface area contributed by atoms with Crippen molar-refractivity contribution in [3.8, 4) is 5.75 Å². The maximum absolute atomic E-state index is 14.1. The van der Waals surface area contributed by atoms with Crippen molar-refractivity contribution in [2.45, 2.75) is 78.3 Å². The molecule has 2 aromatic carbocycles. The Morgan fingerprint density at radius 2 is 1.63 bits per heavy atom. The van der Waals surface area contributed by atoms with Gasteiger partial charge in [0, 0.05) is 48.2 Å². The number of pyridine rings is 1. The van der Waals surface area contributed by atoms with E-state index in [4.69, 9.17) is 4.74 Å². The summed E-state index contributed by atoms with van der Waals surface area (Å²) in [5, 5.41) is 11.0. The Kier molecular flexibility index (Phi) is 9.49. The molecule has 8 nitrogen and oxygen atoms in total. The minimum atomic E-state index is -3.82. The molecule has 232 valence electrons. The fourth-order valence-electron chi connectivity index (χ4n) is 7.18. The number of aliphatic hydroxyl groups excluding tert-OH is 1. The molecule has 10 heteroatoms. The number of hydrogen-bond donors (Lipinski definition) is 1. The van der Waals surface area contributed by atoms with Crippen LogP contribution in [-0.2, 0) is 9.84 Å². The number of β-amino-alcohol motifs (C(OH)–C–C–N with tert-alkyl or cyclic N) is 1. The summed E-state index contributed by atoms with van der Waals surface area (Å²) < 4.78 is 33.8. The highest BCUT2D eigenvalue weighted by Crippen LogP contribution is 2.39. The van der Waals surface area contributed by atoms with Crippen LogP contribution in [-0.4, -0.2) is 98.6 Å². The number of sulfone groups is 1. The van der Waals surface area contributed by atoms with Gasteiger partial charge in [-0.05, 0) is 114 Å². The van der Waals surface area contributed by atoms with Gasteiger partial charge < -0.3 is 19.6 Å². The van der Waals surface area contributed by atoms with Gasteiger partial charge in [-0.15, -0.1) is 11.8 Å². The van der Waals surface area contributed by atoms with E-state index in [0.29, 0.717) is 24.4 Å². The first-order valence-electron chi connectivity index (χ1n) is 15.7. The van der Waals surface area contributed by atoms with E-state index in [1.165, 1.54) is 0 Å². The van der Waals surface area contributed by atoms with E-state index in [1.54, 1.807) is 42.2 Å². The second-order valence-corrected chi connectivity index (χ2v) is 14.8. The summed E-state index contributed by atoms with van der Waals surface area (Å²) in [5.41, 5.74) is 1.58. The van der Waals surface area contributed by atoms with E-state index in [0.717, 1.165) is 99.3 Å². The van der Waals surface area contributed by atoms with Gasteiger partial charge in [0.05, 0.1) is 28.8 Å². The second-order valence-electron chi connectivity index (χ2n) is 12.0. The number of aliphatic hydroxyl groups is 1. The van der Waals surface area contributed by atoms with Crippen molar-refractivity contribution in [2.75, 3.05) is 57.0 Å². The molecule has 4 heterocycles. The van der Waals surface area contributed by atoms with Gasteiger partial charge in [0.25, 0.3) is 0 Å². The molecule has 6 rings (SSSR count). The topological polar surface area (TPSA) is 86.2 Å². The van der Waals surface area contributed by atoms with Gasteiger partial charge in [-0.25, -0.2) is 8.42 Å². The SMILES string of the molecule is CCOc1ccc(S(=O)(=O)c2cnc3ccc(SC)cc3c2N2CCC(N3CCC(N4CCC[C@@H](O)C4)CC3)CC2)cc1. The largest absolute Gasteiger partial charge is 0.494 e. The fourth-order valence-corrected chi connectivity index (χ4v) is 9.06. The number of ether oxygens (including phenoxy) is 1. The standard InChI is InChI=1S/C33H44N4O4S2/c1-3-41-27-6-9-29(10-7-27)43(39,40)32-22-34-31-11-8-28(42-2)21-30(31)33(32)36-19-14-24(15-20-36)35-17-12-25(13-18-35)37-16-4-5-26(38)23-37/h6-11,21-22,24-26,38H,3-5,12-20,23H2,1-2H3/t26-/m1/s1. The summed E-state index contributed by atoms with van der Waals surface area (Å²) in [6, 6.07) is 13.9. The Labute approximate surface area is 260 Å². The number of benzene rings is 2. The quantitative estimate of drug-likeness (QED) is 0.345. The van der Waals surface area contributed by atoms with Gasteiger partial charge in [-0.3, -0.25) is 9.88 Å². The lowest BCUT2D eigenvalue weighted by Crippen LogP contribution is -2.53. The molecule has 3 saturated heterocycles. The average molecular weight is 625 g/mol. The number of likely N-dealkylation sites (tertiary alicyclic amines) is 2. The molecule has 43 heavy (non-hydrogen) atoms. The van der Waals surface area contributed by atoms with Crippen molar-refractivity contribution in [3.05, 3.63) is 48.7 Å². The predicted molar refractivity (Wildman–Crippen MR) is 173 cm³/mol. The molecule has 1 atom stereocenters. The molecule has 1 N–H and O–H groups in total. The number of anilines is 1. The normalized spacial score (nSPS) is 21.8. The number of fused-ring (bicyclic) bond motifs is 1. The Hall–Kier alpha value is -2.37. The smallest absolute Gasteiger partial charge is 0.210 e. The number of hydrogen-bond acceptors (Lipinski definition) is 9. The van der Waals surface area contributed by atoms with E-state index < -0.39 is 9.84 Å². The van der Waals surface area contributed by atoms with Crippen molar-refractivity contribution < 1.29 is 18.3 Å². The van der Waals surface area contributed by atoms with Crippen molar-refractivity contribution in [1.29, 1.82) is 0 Å². The molecule has 0 unspecified atom stereocenters. The zero-order chi connectivity index (χ0) is 30.0. The lowest BCUT2D eigenvalue weighted by molar-refractivity contribution is 0.0170. The summed E-state index contributed by atoms with van der Waals surface area (Å²) in [6.45, 7) is 8.16. The Bertz CT molecular complexity index is 1500. The molecule has 3 aromatic rings. The Morgan fingerprint density at radius 1 is 0.930 bits per heavy atom. The second kappa shape index (κ2) is 13.3. The number of nitrogens with zero attached hydrogens (tertiary/aromatic N) is 4. The van der Waals surface area contributed by atoms with E-state index >= 15 is 0 Å². The van der Waals surface area contributed by atoms with Crippen LogP contribution < -0.4 is 9.64 Å². The van der Waals surface area contributed by atoms with Crippen LogP contribution in [0.5, 0.6) is 5.75 Å². The van der Waals surface area contributed by atoms with Crippen molar-refractivity contribution in [2.24, 2.45) is 0 Å². The third kappa shape index (κ3) is 6.54. The molecule has 0 amide bonds. The lowest BCUT2D eigenvalue weighted by atomic mass is 9.95. The zero-order valence-electron chi connectivity index (χ0n) is 25.3. The molecule has 3 fully saturated rings. The van der Waals surface area contributed by atoms with Crippen LogP contribution in [0, 0.1) is 0 Å². The molecule has 0 saturated carbocycles. The van der Waals surface area contributed by atoms with Crippen molar-refractivity contribution in [1.82, 2.24) is 14.8 Å².